The molecule has 6 heteroatoms. The molecule has 0 radical (unpaired) electrons. The SMILES string of the molecule is CCc1c(O)n(-c2ccccc2I)c(=O)[nH]c1=O. The molecule has 0 unspecified atom stereocenters. The zero-order chi connectivity index (χ0) is 13.3. The van der Waals surface area contributed by atoms with Crippen LogP contribution in [0.2, 0.25) is 0 Å². The number of hydrogen-bond donors (Lipinski definition) is 2. The third kappa shape index (κ3) is 2.07. The Kier molecular flexibility index (Phi) is 3.55. The lowest BCUT2D eigenvalue weighted by atomic mass is 10.2. The molecule has 0 saturated carbocycles. The highest BCUT2D eigenvalue weighted by Crippen LogP contribution is 2.20. The summed E-state index contributed by atoms with van der Waals surface area (Å²) in [4.78, 5) is 25.6. The van der Waals surface area contributed by atoms with Gasteiger partial charge in [0.1, 0.15) is 0 Å². The van der Waals surface area contributed by atoms with Gasteiger partial charge in [0.05, 0.1) is 11.3 Å². The summed E-state index contributed by atoms with van der Waals surface area (Å²) in [5, 5.41) is 10.1. The molecule has 1 aromatic heterocycles. The number of aromatic amines is 1. The number of benzene rings is 1. The number of hydrogen-bond acceptors (Lipinski definition) is 3. The maximum absolute atomic E-state index is 11.8. The molecule has 2 rings (SSSR count). The first kappa shape index (κ1) is 12.9. The first-order chi connectivity index (χ1) is 8.56. The van der Waals surface area contributed by atoms with E-state index in [0.29, 0.717) is 12.1 Å². The van der Waals surface area contributed by atoms with E-state index >= 15 is 0 Å². The minimum atomic E-state index is -0.640. The average Bonchev–Trinajstić information content (AvgIpc) is 2.31. The number of halogens is 1. The van der Waals surface area contributed by atoms with Crippen LogP contribution in [-0.2, 0) is 6.42 Å². The monoisotopic (exact) mass is 358 g/mol. The van der Waals surface area contributed by atoms with E-state index < -0.39 is 11.2 Å². The maximum Gasteiger partial charge on any atom is 0.335 e. The Morgan fingerprint density at radius 1 is 1.33 bits per heavy atom. The van der Waals surface area contributed by atoms with E-state index in [2.05, 4.69) is 27.6 Å². The molecule has 1 aromatic carbocycles. The minimum Gasteiger partial charge on any atom is -0.494 e. The molecule has 18 heavy (non-hydrogen) atoms. The maximum atomic E-state index is 11.8. The molecule has 0 amide bonds. The molecule has 0 atom stereocenters. The lowest BCUT2D eigenvalue weighted by Crippen LogP contribution is -2.31. The predicted octanol–water partition coefficient (Wildman–Crippen LogP) is 1.40. The number of nitrogens with zero attached hydrogens (tertiary/aromatic N) is 1. The highest BCUT2D eigenvalue weighted by atomic mass is 127. The van der Waals surface area contributed by atoms with Gasteiger partial charge in [-0.05, 0) is 41.1 Å². The van der Waals surface area contributed by atoms with Gasteiger partial charge < -0.3 is 5.11 Å². The van der Waals surface area contributed by atoms with E-state index in [1.54, 1.807) is 19.1 Å². The molecule has 0 fully saturated rings. The number of aromatic nitrogens is 2. The summed E-state index contributed by atoms with van der Waals surface area (Å²) < 4.78 is 1.92. The van der Waals surface area contributed by atoms with Gasteiger partial charge in [0.25, 0.3) is 5.56 Å². The molecule has 0 saturated heterocycles. The average molecular weight is 358 g/mol. The van der Waals surface area contributed by atoms with Gasteiger partial charge in [0.2, 0.25) is 5.88 Å². The van der Waals surface area contributed by atoms with Gasteiger partial charge in [-0.3, -0.25) is 9.78 Å². The van der Waals surface area contributed by atoms with E-state index in [1.807, 2.05) is 12.1 Å². The third-order valence-corrected chi connectivity index (χ3v) is 3.54. The van der Waals surface area contributed by atoms with E-state index in [9.17, 15) is 14.7 Å². The summed E-state index contributed by atoms with van der Waals surface area (Å²) in [7, 11) is 0. The summed E-state index contributed by atoms with van der Waals surface area (Å²) in [6.45, 7) is 1.75. The Morgan fingerprint density at radius 2 is 2.00 bits per heavy atom. The topological polar surface area (TPSA) is 75.1 Å². The first-order valence-electron chi connectivity index (χ1n) is 5.38. The van der Waals surface area contributed by atoms with Crippen molar-refractivity contribution >= 4 is 22.6 Å². The highest BCUT2D eigenvalue weighted by Gasteiger charge is 2.15. The number of H-pyrrole nitrogens is 1. The van der Waals surface area contributed by atoms with Crippen molar-refractivity contribution in [3.05, 3.63) is 54.2 Å². The van der Waals surface area contributed by atoms with Gasteiger partial charge in [-0.1, -0.05) is 19.1 Å². The van der Waals surface area contributed by atoms with Crippen LogP contribution in [-0.4, -0.2) is 14.7 Å². The molecule has 0 aliphatic carbocycles. The van der Waals surface area contributed by atoms with Crippen molar-refractivity contribution in [1.82, 2.24) is 9.55 Å². The lowest BCUT2D eigenvalue weighted by Gasteiger charge is -2.11. The predicted molar refractivity (Wildman–Crippen MR) is 76.4 cm³/mol. The van der Waals surface area contributed by atoms with Gasteiger partial charge in [-0.2, -0.15) is 0 Å². The summed E-state index contributed by atoms with van der Waals surface area (Å²) >= 11 is 2.07. The van der Waals surface area contributed by atoms with Crippen LogP contribution in [0.25, 0.3) is 5.69 Å². The van der Waals surface area contributed by atoms with Gasteiger partial charge in [0.15, 0.2) is 0 Å². The van der Waals surface area contributed by atoms with Crippen LogP contribution in [0.1, 0.15) is 12.5 Å². The van der Waals surface area contributed by atoms with Gasteiger partial charge >= 0.3 is 5.69 Å². The Morgan fingerprint density at radius 3 is 2.61 bits per heavy atom. The van der Waals surface area contributed by atoms with Crippen LogP contribution >= 0.6 is 22.6 Å². The molecule has 0 spiro atoms. The van der Waals surface area contributed by atoms with Crippen LogP contribution in [0.5, 0.6) is 5.88 Å². The Labute approximate surface area is 116 Å². The van der Waals surface area contributed by atoms with E-state index in [-0.39, 0.29) is 11.4 Å². The van der Waals surface area contributed by atoms with Crippen LogP contribution in [0.4, 0.5) is 0 Å². The number of para-hydroxylation sites is 1. The fourth-order valence-corrected chi connectivity index (χ4v) is 2.37. The van der Waals surface area contributed by atoms with E-state index in [0.717, 1.165) is 8.14 Å². The zero-order valence-corrected chi connectivity index (χ0v) is 11.8. The largest absolute Gasteiger partial charge is 0.494 e. The van der Waals surface area contributed by atoms with Crippen molar-refractivity contribution in [3.63, 3.8) is 0 Å². The fraction of sp³-hybridized carbons (Fsp3) is 0.167. The molecule has 0 aliphatic rings. The Balaban J connectivity index is 2.85. The van der Waals surface area contributed by atoms with Crippen molar-refractivity contribution in [2.45, 2.75) is 13.3 Å². The van der Waals surface area contributed by atoms with Crippen LogP contribution in [0, 0.1) is 3.57 Å². The molecular formula is C12H11IN2O3. The third-order valence-electron chi connectivity index (χ3n) is 2.63. The molecule has 0 aliphatic heterocycles. The summed E-state index contributed by atoms with van der Waals surface area (Å²) in [6.07, 6.45) is 0.352. The lowest BCUT2D eigenvalue weighted by molar-refractivity contribution is 0.423. The molecular weight excluding hydrogens is 347 g/mol. The number of rotatable bonds is 2. The van der Waals surface area contributed by atoms with Crippen molar-refractivity contribution in [2.75, 3.05) is 0 Å². The summed E-state index contributed by atoms with van der Waals surface area (Å²) in [5.41, 5.74) is -0.429. The van der Waals surface area contributed by atoms with E-state index in [4.69, 9.17) is 0 Å². The Bertz CT molecular complexity index is 703. The molecule has 1 heterocycles. The van der Waals surface area contributed by atoms with Crippen LogP contribution in [0.15, 0.2) is 33.9 Å². The van der Waals surface area contributed by atoms with Gasteiger partial charge in [-0.25, -0.2) is 9.36 Å². The molecule has 0 bridgehead atoms. The van der Waals surface area contributed by atoms with E-state index in [1.165, 1.54) is 0 Å². The van der Waals surface area contributed by atoms with Gasteiger partial charge in [0, 0.05) is 3.57 Å². The second-order valence-electron chi connectivity index (χ2n) is 3.70. The minimum absolute atomic E-state index is 0.203. The second kappa shape index (κ2) is 4.97. The smallest absolute Gasteiger partial charge is 0.335 e. The second-order valence-corrected chi connectivity index (χ2v) is 4.86. The normalized spacial score (nSPS) is 10.6. The Hall–Kier alpha value is -1.57. The van der Waals surface area contributed by atoms with Crippen molar-refractivity contribution in [3.8, 4) is 11.6 Å². The first-order valence-corrected chi connectivity index (χ1v) is 6.46. The molecule has 5 nitrogen and oxygen atoms in total. The standard InChI is InChI=1S/C12H11IN2O3/c1-2-7-10(16)14-12(18)15(11(7)17)9-6-4-3-5-8(9)13/h3-6,17H,2H2,1H3,(H,14,16,18). The number of nitrogens with one attached hydrogen (secondary N) is 1. The van der Waals surface area contributed by atoms with Crippen molar-refractivity contribution in [1.29, 1.82) is 0 Å². The summed E-state index contributed by atoms with van der Waals surface area (Å²) in [6, 6.07) is 7.12. The van der Waals surface area contributed by atoms with Crippen LogP contribution in [0.3, 0.4) is 0 Å². The quantitative estimate of drug-likeness (QED) is 0.797. The van der Waals surface area contributed by atoms with Crippen molar-refractivity contribution in [2.24, 2.45) is 0 Å². The number of aromatic hydroxyl groups is 1. The zero-order valence-electron chi connectivity index (χ0n) is 9.61. The summed E-state index contributed by atoms with van der Waals surface area (Å²) in [5.74, 6) is -0.296. The van der Waals surface area contributed by atoms with Crippen LogP contribution < -0.4 is 11.2 Å². The molecule has 2 aromatic rings. The fourth-order valence-electron chi connectivity index (χ4n) is 1.74. The van der Waals surface area contributed by atoms with Gasteiger partial charge in [-0.15, -0.1) is 0 Å². The molecule has 94 valence electrons. The van der Waals surface area contributed by atoms with Crippen molar-refractivity contribution < 1.29 is 5.11 Å². The highest BCUT2D eigenvalue weighted by molar-refractivity contribution is 14.1. The molecule has 2 N–H and O–H groups in total.